The smallest absolute Gasteiger partial charge is 0.204 e. The van der Waals surface area contributed by atoms with E-state index in [1.54, 1.807) is 0 Å². The van der Waals surface area contributed by atoms with Crippen LogP contribution in [0.4, 0.5) is 0 Å². The molecule has 0 unspecified atom stereocenters. The molecule has 0 heterocycles. The lowest BCUT2D eigenvalue weighted by atomic mass is 9.90. The number of hydrogen-bond acceptors (Lipinski definition) is 3. The molecule has 0 atom stereocenters. The number of hydrogen-bond donors (Lipinski definition) is 2. The first kappa shape index (κ1) is 14.1. The minimum absolute atomic E-state index is 0.250. The highest BCUT2D eigenvalue weighted by atomic mass is 16.1. The molecule has 0 saturated heterocycles. The second-order valence-electron chi connectivity index (χ2n) is 4.03. The quantitative estimate of drug-likeness (QED) is 0.687. The summed E-state index contributed by atoms with van der Waals surface area (Å²) in [4.78, 5) is 20.2. The summed E-state index contributed by atoms with van der Waals surface area (Å²) >= 11 is 0. The molecule has 0 aromatic carbocycles. The maximum absolute atomic E-state index is 11.6. The number of nitrogens with two attached hydrogens (primary N) is 2. The molecular formula is C11H22N2O2. The van der Waals surface area contributed by atoms with E-state index < -0.39 is 5.54 Å². The van der Waals surface area contributed by atoms with Crippen LogP contribution in [0.25, 0.3) is 0 Å². The number of primary amides is 1. The van der Waals surface area contributed by atoms with Gasteiger partial charge in [-0.05, 0) is 19.3 Å². The Labute approximate surface area is 91.4 Å². The summed E-state index contributed by atoms with van der Waals surface area (Å²) < 4.78 is 0. The molecule has 1 rings (SSSR count). The Morgan fingerprint density at radius 2 is 1.87 bits per heavy atom. The molecule has 0 aromatic heterocycles. The number of amides is 1. The molecular weight excluding hydrogens is 192 g/mol. The summed E-state index contributed by atoms with van der Waals surface area (Å²) in [5.74, 6) is 0.293. The second-order valence-corrected chi connectivity index (χ2v) is 4.03. The highest BCUT2D eigenvalue weighted by Gasteiger charge is 2.35. The minimum Gasteiger partial charge on any atom is -0.372 e. The van der Waals surface area contributed by atoms with Gasteiger partial charge in [0.05, 0.1) is 5.54 Å². The molecule has 0 bridgehead atoms. The van der Waals surface area contributed by atoms with Crippen molar-refractivity contribution in [3.05, 3.63) is 0 Å². The zero-order valence-electron chi connectivity index (χ0n) is 9.50. The molecule has 88 valence electrons. The third-order valence-electron chi connectivity index (χ3n) is 2.81. The van der Waals surface area contributed by atoms with Crippen LogP contribution in [0.5, 0.6) is 0 Å². The first-order valence-corrected chi connectivity index (χ1v) is 5.58. The average molecular weight is 214 g/mol. The molecule has 0 aromatic rings. The van der Waals surface area contributed by atoms with E-state index in [-0.39, 0.29) is 6.41 Å². The van der Waals surface area contributed by atoms with E-state index >= 15 is 0 Å². The third kappa shape index (κ3) is 4.93. The molecule has 4 nitrogen and oxygen atoms in total. The Balaban J connectivity index is 0.000000583. The highest BCUT2D eigenvalue weighted by molar-refractivity contribution is 5.88. The van der Waals surface area contributed by atoms with Crippen molar-refractivity contribution < 1.29 is 9.59 Å². The van der Waals surface area contributed by atoms with Gasteiger partial charge in [-0.1, -0.05) is 26.2 Å². The van der Waals surface area contributed by atoms with Crippen molar-refractivity contribution in [1.82, 2.24) is 0 Å². The molecule has 1 saturated carbocycles. The van der Waals surface area contributed by atoms with Gasteiger partial charge in [0, 0.05) is 6.42 Å². The van der Waals surface area contributed by atoms with Gasteiger partial charge >= 0.3 is 0 Å². The van der Waals surface area contributed by atoms with Crippen LogP contribution in [0, 0.1) is 0 Å². The van der Waals surface area contributed by atoms with Crippen LogP contribution in [-0.4, -0.2) is 17.7 Å². The van der Waals surface area contributed by atoms with Gasteiger partial charge < -0.3 is 11.5 Å². The molecule has 1 amide bonds. The fraction of sp³-hybridized carbons (Fsp3) is 0.818. The Morgan fingerprint density at radius 3 is 2.27 bits per heavy atom. The second kappa shape index (κ2) is 7.40. The van der Waals surface area contributed by atoms with Gasteiger partial charge in [0.1, 0.15) is 0 Å². The van der Waals surface area contributed by atoms with Crippen LogP contribution in [0.2, 0.25) is 0 Å². The molecule has 0 aliphatic heterocycles. The van der Waals surface area contributed by atoms with Crippen molar-refractivity contribution >= 4 is 12.2 Å². The van der Waals surface area contributed by atoms with Gasteiger partial charge in [-0.25, -0.2) is 0 Å². The Hall–Kier alpha value is -0.900. The maximum Gasteiger partial charge on any atom is 0.204 e. The van der Waals surface area contributed by atoms with Gasteiger partial charge in [-0.3, -0.25) is 9.59 Å². The summed E-state index contributed by atoms with van der Waals surface area (Å²) in [5, 5.41) is 0. The largest absolute Gasteiger partial charge is 0.372 e. The first-order valence-electron chi connectivity index (χ1n) is 5.58. The van der Waals surface area contributed by atoms with Gasteiger partial charge in [-0.15, -0.1) is 0 Å². The van der Waals surface area contributed by atoms with Crippen molar-refractivity contribution in [2.24, 2.45) is 11.5 Å². The van der Waals surface area contributed by atoms with Gasteiger partial charge in [0.2, 0.25) is 6.41 Å². The van der Waals surface area contributed by atoms with Crippen molar-refractivity contribution in [2.45, 2.75) is 57.4 Å². The SMILES string of the molecule is CCCCC(=O)C1(N)CCCC1.NC=O. The van der Waals surface area contributed by atoms with E-state index in [1.165, 1.54) is 0 Å². The Kier molecular flexibility index (Phi) is 6.96. The predicted octanol–water partition coefficient (Wildman–Crippen LogP) is 1.12. The van der Waals surface area contributed by atoms with Crippen LogP contribution in [0.1, 0.15) is 51.9 Å². The van der Waals surface area contributed by atoms with Crippen molar-refractivity contribution in [3.63, 3.8) is 0 Å². The zero-order chi connectivity index (χ0) is 11.7. The molecule has 15 heavy (non-hydrogen) atoms. The van der Waals surface area contributed by atoms with E-state index in [4.69, 9.17) is 10.5 Å². The van der Waals surface area contributed by atoms with Crippen LogP contribution < -0.4 is 11.5 Å². The third-order valence-corrected chi connectivity index (χ3v) is 2.81. The molecule has 4 heteroatoms. The lowest BCUT2D eigenvalue weighted by Gasteiger charge is -2.21. The minimum atomic E-state index is -0.435. The van der Waals surface area contributed by atoms with Crippen molar-refractivity contribution in [1.29, 1.82) is 0 Å². The summed E-state index contributed by atoms with van der Waals surface area (Å²) in [5.41, 5.74) is 9.73. The van der Waals surface area contributed by atoms with E-state index in [0.717, 1.165) is 38.5 Å². The van der Waals surface area contributed by atoms with E-state index in [0.29, 0.717) is 12.2 Å². The standard InChI is InChI=1S/C10H19NO.CH3NO/c1-2-3-6-9(12)10(11)7-4-5-8-10;2-1-3/h2-8,11H2,1H3;1H,(H2,2,3). The lowest BCUT2D eigenvalue weighted by Crippen LogP contribution is -2.45. The zero-order valence-corrected chi connectivity index (χ0v) is 9.50. The van der Waals surface area contributed by atoms with Crippen LogP contribution in [-0.2, 0) is 9.59 Å². The maximum atomic E-state index is 11.6. The van der Waals surface area contributed by atoms with Crippen molar-refractivity contribution in [2.75, 3.05) is 0 Å². The van der Waals surface area contributed by atoms with Gasteiger partial charge in [-0.2, -0.15) is 0 Å². The Morgan fingerprint density at radius 1 is 1.40 bits per heavy atom. The average Bonchev–Trinajstić information content (AvgIpc) is 2.64. The number of unbranched alkanes of at least 4 members (excludes halogenated alkanes) is 1. The molecule has 1 aliphatic rings. The van der Waals surface area contributed by atoms with E-state index in [2.05, 4.69) is 12.7 Å². The number of Topliss-reactive ketones (excluding diaryl/α,β-unsaturated/α-hetero) is 1. The Bertz CT molecular complexity index is 199. The first-order chi connectivity index (χ1) is 7.10. The molecule has 0 spiro atoms. The van der Waals surface area contributed by atoms with Gasteiger partial charge in [0.25, 0.3) is 0 Å². The number of carbonyl (C=O) groups is 2. The summed E-state index contributed by atoms with van der Waals surface area (Å²) in [6.07, 6.45) is 7.11. The van der Waals surface area contributed by atoms with Crippen molar-refractivity contribution in [3.8, 4) is 0 Å². The number of ketones is 1. The molecule has 4 N–H and O–H groups in total. The summed E-state index contributed by atoms with van der Waals surface area (Å²) in [7, 11) is 0. The van der Waals surface area contributed by atoms with E-state index in [9.17, 15) is 4.79 Å². The summed E-state index contributed by atoms with van der Waals surface area (Å²) in [6.45, 7) is 2.10. The number of rotatable bonds is 4. The van der Waals surface area contributed by atoms with Crippen LogP contribution >= 0.6 is 0 Å². The summed E-state index contributed by atoms with van der Waals surface area (Å²) in [6, 6.07) is 0. The highest BCUT2D eigenvalue weighted by Crippen LogP contribution is 2.29. The fourth-order valence-corrected chi connectivity index (χ4v) is 1.87. The normalized spacial score (nSPS) is 17.7. The monoisotopic (exact) mass is 214 g/mol. The fourth-order valence-electron chi connectivity index (χ4n) is 1.87. The van der Waals surface area contributed by atoms with Crippen LogP contribution in [0.15, 0.2) is 0 Å². The lowest BCUT2D eigenvalue weighted by molar-refractivity contribution is -0.124. The molecule has 1 aliphatic carbocycles. The van der Waals surface area contributed by atoms with Gasteiger partial charge in [0.15, 0.2) is 5.78 Å². The molecule has 1 fully saturated rings. The topological polar surface area (TPSA) is 86.2 Å². The number of carbonyl (C=O) groups excluding carboxylic acids is 2. The predicted molar refractivity (Wildman–Crippen MR) is 60.2 cm³/mol. The van der Waals surface area contributed by atoms with E-state index in [1.807, 2.05) is 0 Å². The van der Waals surface area contributed by atoms with Crippen LogP contribution in [0.3, 0.4) is 0 Å². The molecule has 0 radical (unpaired) electrons.